The van der Waals surface area contributed by atoms with Gasteiger partial charge >= 0.3 is 0 Å². The van der Waals surface area contributed by atoms with Crippen LogP contribution in [0.5, 0.6) is 11.6 Å². The Kier molecular flexibility index (Phi) is 4.78. The predicted molar refractivity (Wildman–Crippen MR) is 85.8 cm³/mol. The maximum Gasteiger partial charge on any atom is 0.222 e. The topological polar surface area (TPSA) is 61.0 Å². The van der Waals surface area contributed by atoms with Gasteiger partial charge in [-0.05, 0) is 42.5 Å². The lowest BCUT2D eigenvalue weighted by molar-refractivity contribution is 0.451. The Hall–Kier alpha value is -2.10. The molecular formula is C17H23N3O. The maximum absolute atomic E-state index is 6.00. The molecule has 0 saturated heterocycles. The van der Waals surface area contributed by atoms with Gasteiger partial charge in [0.1, 0.15) is 12.1 Å². The lowest BCUT2D eigenvalue weighted by Crippen LogP contribution is -2.00. The van der Waals surface area contributed by atoms with Gasteiger partial charge in [-0.25, -0.2) is 9.97 Å². The van der Waals surface area contributed by atoms with Gasteiger partial charge in [0.25, 0.3) is 0 Å². The summed E-state index contributed by atoms with van der Waals surface area (Å²) in [7, 11) is 0. The molecule has 112 valence electrons. The molecule has 0 amide bonds. The molecule has 0 fully saturated rings. The van der Waals surface area contributed by atoms with Crippen LogP contribution in [0, 0.1) is 6.92 Å². The smallest absolute Gasteiger partial charge is 0.222 e. The Balaban J connectivity index is 2.34. The average Bonchev–Trinajstić information content (AvgIpc) is 2.43. The van der Waals surface area contributed by atoms with E-state index in [1.54, 1.807) is 6.33 Å². The summed E-state index contributed by atoms with van der Waals surface area (Å²) in [5.41, 5.74) is 9.90. The summed E-state index contributed by atoms with van der Waals surface area (Å²) in [5.74, 6) is 1.73. The average molecular weight is 285 g/mol. The highest BCUT2D eigenvalue weighted by molar-refractivity contribution is 5.55. The summed E-state index contributed by atoms with van der Waals surface area (Å²) in [5, 5.41) is 0. The van der Waals surface area contributed by atoms with Crippen molar-refractivity contribution in [3.8, 4) is 11.6 Å². The Labute approximate surface area is 126 Å². The molecule has 0 unspecified atom stereocenters. The summed E-state index contributed by atoms with van der Waals surface area (Å²) in [6, 6.07) is 5.87. The van der Waals surface area contributed by atoms with Crippen molar-refractivity contribution in [2.75, 3.05) is 5.73 Å². The number of ether oxygens (including phenoxy) is 1. The monoisotopic (exact) mass is 285 g/mol. The van der Waals surface area contributed by atoms with Crippen molar-refractivity contribution in [2.24, 2.45) is 0 Å². The third-order valence-electron chi connectivity index (χ3n) is 3.44. The molecule has 4 nitrogen and oxygen atoms in total. The molecule has 0 bridgehead atoms. The Morgan fingerprint density at radius 3 is 2.62 bits per heavy atom. The number of hydrogen-bond donors (Lipinski definition) is 1. The zero-order valence-electron chi connectivity index (χ0n) is 13.2. The van der Waals surface area contributed by atoms with Crippen LogP contribution in [0.1, 0.15) is 49.9 Å². The summed E-state index contributed by atoms with van der Waals surface area (Å²) >= 11 is 0. The van der Waals surface area contributed by atoms with Crippen LogP contribution in [-0.4, -0.2) is 9.97 Å². The van der Waals surface area contributed by atoms with Gasteiger partial charge in [0.15, 0.2) is 0 Å². The molecular weight excluding hydrogens is 262 g/mol. The van der Waals surface area contributed by atoms with Crippen molar-refractivity contribution >= 4 is 5.69 Å². The molecule has 0 aliphatic rings. The zero-order chi connectivity index (χ0) is 15.4. The molecule has 0 radical (unpaired) electrons. The number of anilines is 1. The van der Waals surface area contributed by atoms with Crippen LogP contribution >= 0.6 is 0 Å². The van der Waals surface area contributed by atoms with Crippen molar-refractivity contribution in [2.45, 2.75) is 46.5 Å². The number of aryl methyl sites for hydroxylation is 2. The van der Waals surface area contributed by atoms with Crippen molar-refractivity contribution in [3.05, 3.63) is 41.3 Å². The molecule has 2 aromatic rings. The van der Waals surface area contributed by atoms with Gasteiger partial charge in [-0.15, -0.1) is 0 Å². The third-order valence-corrected chi connectivity index (χ3v) is 3.44. The Morgan fingerprint density at radius 1 is 1.19 bits per heavy atom. The normalized spacial score (nSPS) is 10.9. The molecule has 1 aromatic carbocycles. The molecule has 2 N–H and O–H groups in total. The molecule has 21 heavy (non-hydrogen) atoms. The van der Waals surface area contributed by atoms with Crippen LogP contribution < -0.4 is 10.5 Å². The SMILES string of the molecule is CCCc1cc(Oc2cc(C)c(N)cc2C(C)C)ncn1. The summed E-state index contributed by atoms with van der Waals surface area (Å²) in [4.78, 5) is 8.45. The molecule has 1 aromatic heterocycles. The number of nitrogen functional groups attached to an aromatic ring is 1. The predicted octanol–water partition coefficient (Wildman–Crippen LogP) is 4.24. The van der Waals surface area contributed by atoms with E-state index in [0.29, 0.717) is 11.8 Å². The van der Waals surface area contributed by atoms with E-state index in [1.165, 1.54) is 0 Å². The van der Waals surface area contributed by atoms with Gasteiger partial charge in [-0.1, -0.05) is 27.2 Å². The van der Waals surface area contributed by atoms with Crippen LogP contribution in [-0.2, 0) is 6.42 Å². The van der Waals surface area contributed by atoms with E-state index in [4.69, 9.17) is 10.5 Å². The largest absolute Gasteiger partial charge is 0.439 e. The first-order valence-corrected chi connectivity index (χ1v) is 7.40. The van der Waals surface area contributed by atoms with Crippen LogP contribution in [0.15, 0.2) is 24.5 Å². The van der Waals surface area contributed by atoms with Crippen molar-refractivity contribution in [3.63, 3.8) is 0 Å². The van der Waals surface area contributed by atoms with Crippen LogP contribution in [0.4, 0.5) is 5.69 Å². The van der Waals surface area contributed by atoms with Gasteiger partial charge in [0, 0.05) is 17.4 Å². The minimum absolute atomic E-state index is 0.333. The first kappa shape index (κ1) is 15.3. The first-order valence-electron chi connectivity index (χ1n) is 7.40. The van der Waals surface area contributed by atoms with Gasteiger partial charge in [0.2, 0.25) is 5.88 Å². The molecule has 0 aliphatic heterocycles. The lowest BCUT2D eigenvalue weighted by atomic mass is 9.99. The number of nitrogens with two attached hydrogens (primary N) is 1. The van der Waals surface area contributed by atoms with E-state index in [9.17, 15) is 0 Å². The third kappa shape index (κ3) is 3.72. The lowest BCUT2D eigenvalue weighted by Gasteiger charge is -2.15. The van der Waals surface area contributed by atoms with Crippen molar-refractivity contribution < 1.29 is 4.74 Å². The van der Waals surface area contributed by atoms with Gasteiger partial charge in [-0.3, -0.25) is 0 Å². The number of rotatable bonds is 5. The van der Waals surface area contributed by atoms with Crippen LogP contribution in [0.2, 0.25) is 0 Å². The second-order valence-electron chi connectivity index (χ2n) is 5.60. The zero-order valence-corrected chi connectivity index (χ0v) is 13.2. The van der Waals surface area contributed by atoms with Gasteiger partial charge in [0.05, 0.1) is 0 Å². The van der Waals surface area contributed by atoms with E-state index < -0.39 is 0 Å². The number of hydrogen-bond acceptors (Lipinski definition) is 4. The van der Waals surface area contributed by atoms with Crippen molar-refractivity contribution in [1.82, 2.24) is 9.97 Å². The van der Waals surface area contributed by atoms with E-state index >= 15 is 0 Å². The minimum Gasteiger partial charge on any atom is -0.439 e. The molecule has 2 rings (SSSR count). The number of benzene rings is 1. The fourth-order valence-electron chi connectivity index (χ4n) is 2.19. The summed E-state index contributed by atoms with van der Waals surface area (Å²) in [6.45, 7) is 8.36. The highest BCUT2D eigenvalue weighted by Gasteiger charge is 2.12. The second-order valence-corrected chi connectivity index (χ2v) is 5.60. The fraction of sp³-hybridized carbons (Fsp3) is 0.412. The highest BCUT2D eigenvalue weighted by atomic mass is 16.5. The Bertz CT molecular complexity index is 623. The molecule has 0 aliphatic carbocycles. The molecule has 1 heterocycles. The van der Waals surface area contributed by atoms with Crippen molar-refractivity contribution in [1.29, 1.82) is 0 Å². The van der Waals surface area contributed by atoms with E-state index in [1.807, 2.05) is 25.1 Å². The van der Waals surface area contributed by atoms with E-state index in [2.05, 4.69) is 30.7 Å². The maximum atomic E-state index is 6.00. The van der Waals surface area contributed by atoms with Crippen LogP contribution in [0.25, 0.3) is 0 Å². The number of aromatic nitrogens is 2. The first-order chi connectivity index (χ1) is 10.0. The second kappa shape index (κ2) is 6.57. The molecule has 4 heteroatoms. The fourth-order valence-corrected chi connectivity index (χ4v) is 2.19. The highest BCUT2D eigenvalue weighted by Crippen LogP contribution is 2.33. The van der Waals surface area contributed by atoms with E-state index in [0.717, 1.165) is 41.1 Å². The molecule has 0 atom stereocenters. The summed E-state index contributed by atoms with van der Waals surface area (Å²) < 4.78 is 5.99. The van der Waals surface area contributed by atoms with Gasteiger partial charge in [-0.2, -0.15) is 0 Å². The minimum atomic E-state index is 0.333. The van der Waals surface area contributed by atoms with Crippen LogP contribution in [0.3, 0.4) is 0 Å². The van der Waals surface area contributed by atoms with Gasteiger partial charge < -0.3 is 10.5 Å². The summed E-state index contributed by atoms with van der Waals surface area (Å²) in [6.07, 6.45) is 3.53. The Morgan fingerprint density at radius 2 is 1.95 bits per heavy atom. The van der Waals surface area contributed by atoms with E-state index in [-0.39, 0.29) is 0 Å². The quantitative estimate of drug-likeness (QED) is 0.835. The molecule has 0 saturated carbocycles. The standard InChI is InChI=1S/C17H23N3O/c1-5-6-13-8-17(20-10-19-13)21-16-7-12(4)15(18)9-14(16)11(2)3/h7-11H,5-6,18H2,1-4H3. The number of nitrogens with zero attached hydrogens (tertiary/aromatic N) is 2. The molecule has 0 spiro atoms.